The summed E-state index contributed by atoms with van der Waals surface area (Å²) in [5, 5.41) is 13.7. The van der Waals surface area contributed by atoms with Crippen molar-refractivity contribution in [2.24, 2.45) is 5.73 Å². The van der Waals surface area contributed by atoms with Crippen LogP contribution in [0.4, 0.5) is 0 Å². The highest BCUT2D eigenvalue weighted by Gasteiger charge is 2.26. The van der Waals surface area contributed by atoms with Crippen molar-refractivity contribution < 1.29 is 28.4 Å². The zero-order chi connectivity index (χ0) is 38.2. The van der Waals surface area contributed by atoms with Crippen LogP contribution < -0.4 is 11.1 Å². The molecule has 8 nitrogen and oxygen atoms in total. The van der Waals surface area contributed by atoms with Gasteiger partial charge < -0.3 is 21.1 Å². The Balaban J connectivity index is 4.25. The molecule has 306 valence electrons. The number of hydrogen-bond donors (Lipinski definition) is 4. The Morgan fingerprint density at radius 1 is 0.635 bits per heavy atom. The molecule has 0 saturated heterocycles. The highest BCUT2D eigenvalue weighted by atomic mass is 31.2. The van der Waals surface area contributed by atoms with Crippen molar-refractivity contribution in [1.29, 1.82) is 0 Å². The Hall–Kier alpha value is -1.28. The summed E-state index contributed by atoms with van der Waals surface area (Å²) in [6, 6.07) is -0.866. The average molecular weight is 755 g/mol. The lowest BCUT2D eigenvalue weighted by Gasteiger charge is -2.23. The molecule has 0 aliphatic heterocycles. The number of nitrogens with one attached hydrogen (secondary N) is 1. The summed E-state index contributed by atoms with van der Waals surface area (Å²) in [4.78, 5) is 22.7. The van der Waals surface area contributed by atoms with E-state index in [1.165, 1.54) is 116 Å². The van der Waals surface area contributed by atoms with Gasteiger partial charge in [-0.05, 0) is 51.4 Å². The van der Waals surface area contributed by atoms with E-state index < -0.39 is 20.0 Å². The fourth-order valence-electron chi connectivity index (χ4n) is 6.16. The van der Waals surface area contributed by atoms with Crippen molar-refractivity contribution in [3.63, 3.8) is 0 Å². The molecule has 0 fully saturated rings. The van der Waals surface area contributed by atoms with E-state index in [1.807, 2.05) is 6.08 Å². The molecule has 0 heterocycles. The number of nitrogens with two attached hydrogens (primary N) is 1. The normalized spacial score (nSPS) is 14.5. The number of carbonyl (C=O) groups is 1. The van der Waals surface area contributed by atoms with Crippen molar-refractivity contribution in [3.8, 4) is 0 Å². The first-order chi connectivity index (χ1) is 25.4. The molecular formula is C43H83N2O6P. The van der Waals surface area contributed by atoms with Crippen molar-refractivity contribution in [1.82, 2.24) is 5.32 Å². The Morgan fingerprint density at radius 3 is 1.56 bits per heavy atom. The minimum atomic E-state index is -4.34. The zero-order valence-electron chi connectivity index (χ0n) is 33.8. The second kappa shape index (κ2) is 39.4. The Kier molecular flexibility index (Phi) is 38.4. The van der Waals surface area contributed by atoms with Crippen molar-refractivity contribution in [2.45, 2.75) is 212 Å². The smallest absolute Gasteiger partial charge is 0.387 e. The Labute approximate surface area is 320 Å². The largest absolute Gasteiger partial charge is 0.472 e. The van der Waals surface area contributed by atoms with E-state index in [-0.39, 0.29) is 25.7 Å². The van der Waals surface area contributed by atoms with Gasteiger partial charge in [0.25, 0.3) is 0 Å². The molecule has 1 amide bonds. The molecule has 0 aliphatic carbocycles. The van der Waals surface area contributed by atoms with Crippen LogP contribution in [0.3, 0.4) is 0 Å². The molecule has 9 heteroatoms. The molecule has 3 unspecified atom stereocenters. The lowest BCUT2D eigenvalue weighted by molar-refractivity contribution is -0.123. The Bertz CT molecular complexity index is 912. The average Bonchev–Trinajstić information content (AvgIpc) is 3.13. The summed E-state index contributed by atoms with van der Waals surface area (Å²) in [5.74, 6) is -0.208. The number of aliphatic hydroxyl groups excluding tert-OH is 1. The van der Waals surface area contributed by atoms with Crippen LogP contribution in [0.25, 0.3) is 0 Å². The molecule has 5 N–H and O–H groups in total. The molecule has 0 aromatic carbocycles. The number of allylic oxidation sites excluding steroid dienone is 5. The molecular weight excluding hydrogens is 671 g/mol. The van der Waals surface area contributed by atoms with Crippen LogP contribution in [0, 0.1) is 0 Å². The van der Waals surface area contributed by atoms with E-state index in [9.17, 15) is 19.4 Å². The third-order valence-corrected chi connectivity index (χ3v) is 10.4. The van der Waals surface area contributed by atoms with E-state index in [2.05, 4.69) is 43.5 Å². The predicted molar refractivity (Wildman–Crippen MR) is 221 cm³/mol. The minimum absolute atomic E-state index is 0.0757. The topological polar surface area (TPSA) is 131 Å². The SMILES string of the molecule is CCCCC/C=C\C/C=C\CCCCCCCC(=O)NC(COP(=O)(O)OCCN)C(O)/C=C/CCCCCCCCCCCCCCCCCC. The summed E-state index contributed by atoms with van der Waals surface area (Å²) in [6.07, 6.45) is 46.1. The maximum absolute atomic E-state index is 12.7. The summed E-state index contributed by atoms with van der Waals surface area (Å²) in [7, 11) is -4.34. The van der Waals surface area contributed by atoms with Gasteiger partial charge in [-0.2, -0.15) is 0 Å². The van der Waals surface area contributed by atoms with Crippen LogP contribution in [0.5, 0.6) is 0 Å². The summed E-state index contributed by atoms with van der Waals surface area (Å²) in [5.41, 5.74) is 5.37. The number of phosphoric ester groups is 1. The van der Waals surface area contributed by atoms with Gasteiger partial charge >= 0.3 is 7.82 Å². The van der Waals surface area contributed by atoms with Crippen LogP contribution >= 0.6 is 7.82 Å². The van der Waals surface area contributed by atoms with E-state index in [0.717, 1.165) is 64.2 Å². The third kappa shape index (κ3) is 37.1. The Morgan fingerprint density at radius 2 is 1.06 bits per heavy atom. The first kappa shape index (κ1) is 50.7. The summed E-state index contributed by atoms with van der Waals surface area (Å²) < 4.78 is 22.1. The van der Waals surface area contributed by atoms with Gasteiger partial charge in [0, 0.05) is 13.0 Å². The molecule has 0 aromatic heterocycles. The fourth-order valence-corrected chi connectivity index (χ4v) is 6.92. The number of carbonyl (C=O) groups excluding carboxylic acids is 1. The number of amides is 1. The van der Waals surface area contributed by atoms with Crippen LogP contribution in [-0.4, -0.2) is 47.8 Å². The van der Waals surface area contributed by atoms with E-state index in [0.29, 0.717) is 6.42 Å². The first-order valence-corrected chi connectivity index (χ1v) is 23.1. The number of rotatable bonds is 40. The van der Waals surface area contributed by atoms with E-state index in [4.69, 9.17) is 14.8 Å². The number of hydrogen-bond acceptors (Lipinski definition) is 6. The summed E-state index contributed by atoms with van der Waals surface area (Å²) >= 11 is 0. The maximum Gasteiger partial charge on any atom is 0.472 e. The molecule has 0 rings (SSSR count). The number of phosphoric acid groups is 1. The minimum Gasteiger partial charge on any atom is -0.387 e. The molecule has 0 saturated carbocycles. The van der Waals surface area contributed by atoms with Gasteiger partial charge in [0.2, 0.25) is 5.91 Å². The number of aliphatic hydroxyl groups is 1. The standard InChI is InChI=1S/C43H83N2O6P/c1-3-5-7-9-11-13-15-17-19-20-21-23-24-26-28-30-32-34-36-42(46)41(40-51-52(48,49)50-39-38-44)45-43(47)37-35-33-31-29-27-25-22-18-16-14-12-10-8-6-4-2/h12,14,18,22,34,36,41-42,46H,3-11,13,15-17,19-21,23-33,35,37-40,44H2,1-2H3,(H,45,47)(H,48,49)/b14-12-,22-18-,36-34+. The van der Waals surface area contributed by atoms with Gasteiger partial charge in [0.1, 0.15) is 0 Å². The maximum atomic E-state index is 12.7. The second-order valence-corrected chi connectivity index (χ2v) is 16.0. The molecule has 0 aliphatic rings. The van der Waals surface area contributed by atoms with Crippen LogP contribution in [0.2, 0.25) is 0 Å². The second-order valence-electron chi connectivity index (χ2n) is 14.6. The summed E-state index contributed by atoms with van der Waals surface area (Å²) in [6.45, 7) is 4.10. The number of unbranched alkanes of at least 4 members (excludes halogenated alkanes) is 24. The molecule has 0 radical (unpaired) electrons. The zero-order valence-corrected chi connectivity index (χ0v) is 34.7. The first-order valence-electron chi connectivity index (χ1n) is 21.6. The molecule has 0 aromatic rings. The third-order valence-electron chi connectivity index (χ3n) is 9.46. The molecule has 0 spiro atoms. The lowest BCUT2D eigenvalue weighted by atomic mass is 10.0. The van der Waals surface area contributed by atoms with Crippen LogP contribution in [-0.2, 0) is 18.4 Å². The highest BCUT2D eigenvalue weighted by molar-refractivity contribution is 7.47. The monoisotopic (exact) mass is 755 g/mol. The van der Waals surface area contributed by atoms with E-state index >= 15 is 0 Å². The van der Waals surface area contributed by atoms with Gasteiger partial charge in [0.15, 0.2) is 0 Å². The quantitative estimate of drug-likeness (QED) is 0.0278. The van der Waals surface area contributed by atoms with Crippen molar-refractivity contribution in [3.05, 3.63) is 36.5 Å². The molecule has 3 atom stereocenters. The van der Waals surface area contributed by atoms with Crippen molar-refractivity contribution in [2.75, 3.05) is 19.8 Å². The van der Waals surface area contributed by atoms with Gasteiger partial charge in [-0.1, -0.05) is 179 Å². The molecule has 52 heavy (non-hydrogen) atoms. The van der Waals surface area contributed by atoms with Gasteiger partial charge in [0.05, 0.1) is 25.4 Å². The van der Waals surface area contributed by atoms with Gasteiger partial charge in [-0.25, -0.2) is 4.57 Å². The van der Waals surface area contributed by atoms with Gasteiger partial charge in [-0.3, -0.25) is 13.8 Å². The lowest BCUT2D eigenvalue weighted by Crippen LogP contribution is -2.45. The predicted octanol–water partition coefficient (Wildman–Crippen LogP) is 11.9. The fraction of sp³-hybridized carbons (Fsp3) is 0.837. The van der Waals surface area contributed by atoms with E-state index in [1.54, 1.807) is 6.08 Å². The van der Waals surface area contributed by atoms with Crippen molar-refractivity contribution >= 4 is 13.7 Å². The highest BCUT2D eigenvalue weighted by Crippen LogP contribution is 2.43. The van der Waals surface area contributed by atoms with Crippen LogP contribution in [0.15, 0.2) is 36.5 Å². The molecule has 0 bridgehead atoms. The van der Waals surface area contributed by atoms with Gasteiger partial charge in [-0.15, -0.1) is 0 Å². The van der Waals surface area contributed by atoms with Crippen LogP contribution in [0.1, 0.15) is 200 Å².